The van der Waals surface area contributed by atoms with Crippen molar-refractivity contribution in [1.29, 1.82) is 0 Å². The van der Waals surface area contributed by atoms with E-state index in [4.69, 9.17) is 0 Å². The quantitative estimate of drug-likeness (QED) is 0.447. The third-order valence-corrected chi connectivity index (χ3v) is 1.59. The molecule has 0 bridgehead atoms. The van der Waals surface area contributed by atoms with Gasteiger partial charge < -0.3 is 5.21 Å². The van der Waals surface area contributed by atoms with Gasteiger partial charge in [0.2, 0.25) is 11.9 Å². The molecular weight excluding hydrogens is 140 g/mol. The lowest BCUT2D eigenvalue weighted by Crippen LogP contribution is -2.30. The third-order valence-electron chi connectivity index (χ3n) is 1.59. The minimum Gasteiger partial charge on any atom is -0.618 e. The Morgan fingerprint density at radius 3 is 2.64 bits per heavy atom. The Labute approximate surface area is 66.3 Å². The van der Waals surface area contributed by atoms with Gasteiger partial charge in [-0.05, 0) is 0 Å². The van der Waals surface area contributed by atoms with Crippen LogP contribution in [0.4, 0.5) is 0 Å². The van der Waals surface area contributed by atoms with E-state index in [1.165, 1.54) is 6.20 Å². The predicted molar refractivity (Wildman–Crippen MR) is 42.0 cm³/mol. The molecule has 0 N–H and O–H groups in total. The molecule has 60 valence electrons. The third kappa shape index (κ3) is 1.67. The van der Waals surface area contributed by atoms with Gasteiger partial charge >= 0.3 is 0 Å². The van der Waals surface area contributed by atoms with Gasteiger partial charge in [0.15, 0.2) is 0 Å². The van der Waals surface area contributed by atoms with Crippen LogP contribution in [0, 0.1) is 12.1 Å². The van der Waals surface area contributed by atoms with Gasteiger partial charge in [0.1, 0.15) is 5.69 Å². The predicted octanol–water partition coefficient (Wildman–Crippen LogP) is 1.15. The van der Waals surface area contributed by atoms with Crippen molar-refractivity contribution in [3.8, 4) is 0 Å². The molecular formula is C8H12N2O. The molecule has 1 aromatic heterocycles. The Kier molecular flexibility index (Phi) is 2.08. The SMILES string of the molecule is Cc1cnc(C(C)C)c[n+]1[O-]. The first-order valence-corrected chi connectivity index (χ1v) is 3.67. The minimum atomic E-state index is 0.316. The van der Waals surface area contributed by atoms with Crippen molar-refractivity contribution in [3.05, 3.63) is 29.0 Å². The zero-order valence-corrected chi connectivity index (χ0v) is 7.03. The monoisotopic (exact) mass is 152 g/mol. The second-order valence-electron chi connectivity index (χ2n) is 2.93. The van der Waals surface area contributed by atoms with E-state index < -0.39 is 0 Å². The van der Waals surface area contributed by atoms with Crippen molar-refractivity contribution in [2.24, 2.45) is 0 Å². The van der Waals surface area contributed by atoms with Crippen molar-refractivity contribution < 1.29 is 4.73 Å². The number of aromatic nitrogens is 2. The first-order chi connectivity index (χ1) is 5.11. The summed E-state index contributed by atoms with van der Waals surface area (Å²) >= 11 is 0. The maximum absolute atomic E-state index is 11.0. The fourth-order valence-corrected chi connectivity index (χ4v) is 0.778. The molecule has 0 aromatic carbocycles. The Morgan fingerprint density at radius 2 is 2.18 bits per heavy atom. The molecule has 1 rings (SSSR count). The van der Waals surface area contributed by atoms with Crippen LogP contribution >= 0.6 is 0 Å². The summed E-state index contributed by atoms with van der Waals surface area (Å²) in [4.78, 5) is 4.12. The smallest absolute Gasteiger partial charge is 0.207 e. The average Bonchev–Trinajstić information content (AvgIpc) is 1.94. The molecule has 0 aliphatic carbocycles. The number of hydrogen-bond donors (Lipinski definition) is 0. The molecule has 0 radical (unpaired) electrons. The van der Waals surface area contributed by atoms with Gasteiger partial charge in [0.05, 0.1) is 6.20 Å². The Hall–Kier alpha value is -1.12. The minimum absolute atomic E-state index is 0.316. The molecule has 3 heteroatoms. The second-order valence-corrected chi connectivity index (χ2v) is 2.93. The summed E-state index contributed by atoms with van der Waals surface area (Å²) in [5, 5.41) is 11.0. The van der Waals surface area contributed by atoms with Crippen molar-refractivity contribution >= 4 is 0 Å². The zero-order chi connectivity index (χ0) is 8.43. The normalized spacial score (nSPS) is 10.5. The summed E-state index contributed by atoms with van der Waals surface area (Å²) < 4.78 is 0.850. The van der Waals surface area contributed by atoms with Crippen molar-refractivity contribution in [1.82, 2.24) is 4.98 Å². The van der Waals surface area contributed by atoms with Crippen LogP contribution in [0.5, 0.6) is 0 Å². The molecule has 0 aliphatic heterocycles. The van der Waals surface area contributed by atoms with Crippen LogP contribution in [-0.2, 0) is 0 Å². The molecule has 1 heterocycles. The summed E-state index contributed by atoms with van der Waals surface area (Å²) in [6.45, 7) is 5.76. The van der Waals surface area contributed by atoms with E-state index in [-0.39, 0.29) is 0 Å². The van der Waals surface area contributed by atoms with Gasteiger partial charge in [0, 0.05) is 12.8 Å². The van der Waals surface area contributed by atoms with Gasteiger partial charge in [-0.15, -0.1) is 0 Å². The van der Waals surface area contributed by atoms with E-state index >= 15 is 0 Å². The molecule has 3 nitrogen and oxygen atoms in total. The maximum atomic E-state index is 11.0. The number of hydrogen-bond acceptors (Lipinski definition) is 2. The standard InChI is InChI=1S/C8H12N2O/c1-6(2)8-5-10(11)7(3)4-9-8/h4-6H,1-3H3. The molecule has 0 saturated heterocycles. The number of aryl methyl sites for hydroxylation is 1. The summed E-state index contributed by atoms with van der Waals surface area (Å²) in [6.07, 6.45) is 3.13. The highest BCUT2D eigenvalue weighted by Crippen LogP contribution is 2.07. The van der Waals surface area contributed by atoms with E-state index in [0.717, 1.165) is 10.4 Å². The lowest BCUT2D eigenvalue weighted by atomic mass is 10.1. The van der Waals surface area contributed by atoms with Crippen LogP contribution in [0.1, 0.15) is 31.2 Å². The zero-order valence-electron chi connectivity index (χ0n) is 7.03. The van der Waals surface area contributed by atoms with Crippen molar-refractivity contribution in [2.45, 2.75) is 26.7 Å². The van der Waals surface area contributed by atoms with Crippen molar-refractivity contribution in [2.75, 3.05) is 0 Å². The number of rotatable bonds is 1. The highest BCUT2D eigenvalue weighted by atomic mass is 16.5. The van der Waals surface area contributed by atoms with Crippen LogP contribution in [0.15, 0.2) is 12.4 Å². The van der Waals surface area contributed by atoms with Crippen LogP contribution < -0.4 is 4.73 Å². The summed E-state index contributed by atoms with van der Waals surface area (Å²) in [6, 6.07) is 0. The molecule has 0 spiro atoms. The van der Waals surface area contributed by atoms with E-state index in [9.17, 15) is 5.21 Å². The van der Waals surface area contributed by atoms with E-state index in [0.29, 0.717) is 11.6 Å². The molecule has 0 atom stereocenters. The average molecular weight is 152 g/mol. The van der Waals surface area contributed by atoms with Crippen LogP contribution in [0.2, 0.25) is 0 Å². The topological polar surface area (TPSA) is 39.8 Å². The molecule has 0 amide bonds. The van der Waals surface area contributed by atoms with Gasteiger partial charge in [-0.25, -0.2) is 4.98 Å². The first-order valence-electron chi connectivity index (χ1n) is 3.67. The summed E-state index contributed by atoms with van der Waals surface area (Å²) in [5.41, 5.74) is 1.47. The molecule has 0 fully saturated rings. The van der Waals surface area contributed by atoms with Crippen LogP contribution in [-0.4, -0.2) is 4.98 Å². The van der Waals surface area contributed by atoms with E-state index in [1.54, 1.807) is 13.1 Å². The van der Waals surface area contributed by atoms with Gasteiger partial charge in [-0.3, -0.25) is 0 Å². The van der Waals surface area contributed by atoms with Crippen LogP contribution in [0.3, 0.4) is 0 Å². The highest BCUT2D eigenvalue weighted by molar-refractivity contribution is 4.99. The highest BCUT2D eigenvalue weighted by Gasteiger charge is 2.05. The Morgan fingerprint density at radius 1 is 1.55 bits per heavy atom. The lowest BCUT2D eigenvalue weighted by Gasteiger charge is -2.04. The second kappa shape index (κ2) is 2.86. The van der Waals surface area contributed by atoms with Gasteiger partial charge in [0.25, 0.3) is 0 Å². The Bertz CT molecular complexity index is 258. The van der Waals surface area contributed by atoms with E-state index in [1.807, 2.05) is 13.8 Å². The summed E-state index contributed by atoms with van der Waals surface area (Å²) in [7, 11) is 0. The maximum Gasteiger partial charge on any atom is 0.207 e. The molecule has 0 saturated carbocycles. The Balaban J connectivity index is 3.05. The largest absolute Gasteiger partial charge is 0.618 e. The van der Waals surface area contributed by atoms with Crippen molar-refractivity contribution in [3.63, 3.8) is 0 Å². The molecule has 0 aliphatic rings. The van der Waals surface area contributed by atoms with Gasteiger partial charge in [-0.1, -0.05) is 13.8 Å². The van der Waals surface area contributed by atoms with Crippen LogP contribution in [0.25, 0.3) is 0 Å². The molecule has 0 unspecified atom stereocenters. The van der Waals surface area contributed by atoms with E-state index in [2.05, 4.69) is 4.98 Å². The lowest BCUT2D eigenvalue weighted by molar-refractivity contribution is -0.613. The van der Waals surface area contributed by atoms with Gasteiger partial charge in [-0.2, -0.15) is 4.73 Å². The fraction of sp³-hybridized carbons (Fsp3) is 0.500. The first kappa shape index (κ1) is 7.98. The summed E-state index contributed by atoms with van der Waals surface area (Å²) in [5.74, 6) is 0.316. The fourth-order valence-electron chi connectivity index (χ4n) is 0.778. The number of nitrogens with zero attached hydrogens (tertiary/aromatic N) is 2. The molecule has 11 heavy (non-hydrogen) atoms. The molecule has 1 aromatic rings.